The molecule has 0 fully saturated rings. The number of hydrogen-bond donors (Lipinski definition) is 2. The molecule has 3 nitrogen and oxygen atoms in total. The second-order valence-corrected chi connectivity index (χ2v) is 2.20. The van der Waals surface area contributed by atoms with E-state index in [4.69, 9.17) is 0 Å². The fourth-order valence-electron chi connectivity index (χ4n) is 0.625. The van der Waals surface area contributed by atoms with Crippen LogP contribution in [0.5, 0.6) is 0 Å². The summed E-state index contributed by atoms with van der Waals surface area (Å²) < 4.78 is 0. The van der Waals surface area contributed by atoms with Gasteiger partial charge in [-0.3, -0.25) is 4.99 Å². The Morgan fingerprint density at radius 3 is 2.70 bits per heavy atom. The molecule has 3 heteroatoms. The lowest BCUT2D eigenvalue weighted by Gasteiger charge is -2.01. The van der Waals surface area contributed by atoms with Crippen molar-refractivity contribution in [2.24, 2.45) is 4.99 Å². The van der Waals surface area contributed by atoms with Gasteiger partial charge in [0.2, 0.25) is 0 Å². The van der Waals surface area contributed by atoms with E-state index in [-0.39, 0.29) is 0 Å². The number of hydrazine groups is 1. The highest BCUT2D eigenvalue weighted by atomic mass is 15.4. The van der Waals surface area contributed by atoms with Crippen LogP contribution in [0.25, 0.3) is 0 Å². The third kappa shape index (κ3) is 5.56. The summed E-state index contributed by atoms with van der Waals surface area (Å²) in [6, 6.07) is 0. The molecule has 0 saturated heterocycles. The van der Waals surface area contributed by atoms with E-state index in [1.54, 1.807) is 0 Å². The number of amidine groups is 1. The largest absolute Gasteiger partial charge is 0.310 e. The Balaban J connectivity index is 3.28. The predicted molar refractivity (Wildman–Crippen MR) is 45.1 cm³/mol. The Bertz CT molecular complexity index is 99.0. The second kappa shape index (κ2) is 6.55. The number of nitrogens with zero attached hydrogens (tertiary/aromatic N) is 1. The van der Waals surface area contributed by atoms with E-state index in [2.05, 4.69) is 22.8 Å². The summed E-state index contributed by atoms with van der Waals surface area (Å²) in [6.45, 7) is 5.04. The van der Waals surface area contributed by atoms with Gasteiger partial charge < -0.3 is 5.43 Å². The maximum Gasteiger partial charge on any atom is 0.107 e. The molecule has 0 atom stereocenters. The topological polar surface area (TPSA) is 36.4 Å². The zero-order valence-electron chi connectivity index (χ0n) is 7.07. The molecule has 10 heavy (non-hydrogen) atoms. The quantitative estimate of drug-likeness (QED) is 0.266. The predicted octanol–water partition coefficient (Wildman–Crippen LogP) is 0.929. The van der Waals surface area contributed by atoms with Gasteiger partial charge in [0.25, 0.3) is 0 Å². The number of hydrogen-bond acceptors (Lipinski definition) is 2. The third-order valence-electron chi connectivity index (χ3n) is 1.17. The maximum absolute atomic E-state index is 4.25. The van der Waals surface area contributed by atoms with Crippen LogP contribution >= 0.6 is 0 Å². The molecule has 2 N–H and O–H groups in total. The van der Waals surface area contributed by atoms with Gasteiger partial charge in [-0.05, 0) is 13.3 Å². The highest BCUT2D eigenvalue weighted by Gasteiger charge is 1.84. The van der Waals surface area contributed by atoms with Gasteiger partial charge in [-0.1, -0.05) is 13.3 Å². The molecule has 0 unspecified atom stereocenters. The molecule has 0 amide bonds. The monoisotopic (exact) mass is 143 g/mol. The minimum Gasteiger partial charge on any atom is -0.310 e. The molecule has 0 bridgehead atoms. The lowest BCUT2D eigenvalue weighted by Crippen LogP contribution is -2.32. The Morgan fingerprint density at radius 1 is 1.50 bits per heavy atom. The van der Waals surface area contributed by atoms with Crippen LogP contribution in [0.15, 0.2) is 4.99 Å². The van der Waals surface area contributed by atoms with Gasteiger partial charge in [0.05, 0.1) is 0 Å². The minimum atomic E-state index is 0.928. The fourth-order valence-corrected chi connectivity index (χ4v) is 0.625. The summed E-state index contributed by atoms with van der Waals surface area (Å²) >= 11 is 0. The Kier molecular flexibility index (Phi) is 6.18. The van der Waals surface area contributed by atoms with Crippen molar-refractivity contribution in [3.8, 4) is 0 Å². The van der Waals surface area contributed by atoms with Crippen molar-refractivity contribution in [1.82, 2.24) is 10.9 Å². The van der Waals surface area contributed by atoms with E-state index in [9.17, 15) is 0 Å². The lowest BCUT2D eigenvalue weighted by atomic mass is 10.3. The highest BCUT2D eigenvalue weighted by molar-refractivity contribution is 5.78. The van der Waals surface area contributed by atoms with E-state index >= 15 is 0 Å². The molecule has 0 radical (unpaired) electrons. The van der Waals surface area contributed by atoms with Crippen LogP contribution in [-0.2, 0) is 0 Å². The number of nitrogens with one attached hydrogen (secondary N) is 2. The average molecular weight is 143 g/mol. The molecule has 0 aromatic heterocycles. The van der Waals surface area contributed by atoms with Crippen molar-refractivity contribution < 1.29 is 0 Å². The summed E-state index contributed by atoms with van der Waals surface area (Å²) in [5.74, 6) is 0.955. The molecular weight excluding hydrogens is 126 g/mol. The standard InChI is InChI=1S/C7H17N3/c1-4-5-6-9-7(2)10-8-3/h8H,4-6H2,1-3H3,(H,9,10). The molecule has 0 aliphatic carbocycles. The number of rotatable bonds is 4. The van der Waals surface area contributed by atoms with Crippen molar-refractivity contribution in [1.29, 1.82) is 0 Å². The molecule has 0 aliphatic rings. The number of aliphatic imine (C=N–C) groups is 1. The first-order valence-electron chi connectivity index (χ1n) is 3.75. The first-order chi connectivity index (χ1) is 4.81. The van der Waals surface area contributed by atoms with Gasteiger partial charge in [-0.25, -0.2) is 5.43 Å². The van der Waals surface area contributed by atoms with Crippen LogP contribution in [-0.4, -0.2) is 19.4 Å². The van der Waals surface area contributed by atoms with E-state index in [0.29, 0.717) is 0 Å². The molecule has 0 heterocycles. The Labute approximate surface area is 62.9 Å². The van der Waals surface area contributed by atoms with Crippen LogP contribution in [0.2, 0.25) is 0 Å². The zero-order valence-corrected chi connectivity index (χ0v) is 7.07. The molecule has 0 aliphatic heterocycles. The van der Waals surface area contributed by atoms with E-state index < -0.39 is 0 Å². The molecule has 0 saturated carbocycles. The molecule has 0 aromatic carbocycles. The van der Waals surface area contributed by atoms with Gasteiger partial charge in [0, 0.05) is 13.6 Å². The first-order valence-corrected chi connectivity index (χ1v) is 3.75. The SMILES string of the molecule is CCCCN=C(C)NNC. The maximum atomic E-state index is 4.25. The smallest absolute Gasteiger partial charge is 0.107 e. The Hall–Kier alpha value is -0.570. The zero-order chi connectivity index (χ0) is 7.82. The van der Waals surface area contributed by atoms with Crippen molar-refractivity contribution >= 4 is 5.84 Å². The summed E-state index contributed by atoms with van der Waals surface area (Å²) in [6.07, 6.45) is 2.37. The summed E-state index contributed by atoms with van der Waals surface area (Å²) in [5.41, 5.74) is 5.72. The summed E-state index contributed by atoms with van der Waals surface area (Å²) in [4.78, 5) is 4.25. The van der Waals surface area contributed by atoms with E-state index in [1.165, 1.54) is 12.8 Å². The van der Waals surface area contributed by atoms with Gasteiger partial charge in [-0.15, -0.1) is 0 Å². The van der Waals surface area contributed by atoms with Crippen molar-refractivity contribution in [3.63, 3.8) is 0 Å². The van der Waals surface area contributed by atoms with Crippen LogP contribution in [0.1, 0.15) is 26.7 Å². The molecule has 0 aromatic rings. The summed E-state index contributed by atoms with van der Waals surface area (Å²) in [7, 11) is 1.83. The minimum absolute atomic E-state index is 0.928. The van der Waals surface area contributed by atoms with Crippen molar-refractivity contribution in [2.75, 3.05) is 13.6 Å². The average Bonchev–Trinajstić information content (AvgIpc) is 1.89. The van der Waals surface area contributed by atoms with Crippen LogP contribution in [0, 0.1) is 0 Å². The Morgan fingerprint density at radius 2 is 2.20 bits per heavy atom. The van der Waals surface area contributed by atoms with Gasteiger partial charge in [0.15, 0.2) is 0 Å². The molecule has 0 rings (SSSR count). The van der Waals surface area contributed by atoms with Crippen LogP contribution in [0.4, 0.5) is 0 Å². The number of unbranched alkanes of at least 4 members (excludes halogenated alkanes) is 1. The molecule has 0 spiro atoms. The van der Waals surface area contributed by atoms with Crippen molar-refractivity contribution in [2.45, 2.75) is 26.7 Å². The molecular formula is C7H17N3. The molecule has 60 valence electrons. The van der Waals surface area contributed by atoms with Gasteiger partial charge in [0.1, 0.15) is 5.84 Å². The normalized spacial score (nSPS) is 11.7. The fraction of sp³-hybridized carbons (Fsp3) is 0.857. The second-order valence-electron chi connectivity index (χ2n) is 2.20. The van der Waals surface area contributed by atoms with Crippen LogP contribution in [0.3, 0.4) is 0 Å². The van der Waals surface area contributed by atoms with Crippen molar-refractivity contribution in [3.05, 3.63) is 0 Å². The highest BCUT2D eigenvalue weighted by Crippen LogP contribution is 1.86. The van der Waals surface area contributed by atoms with Crippen LogP contribution < -0.4 is 10.9 Å². The summed E-state index contributed by atoms with van der Waals surface area (Å²) in [5, 5.41) is 0. The third-order valence-corrected chi connectivity index (χ3v) is 1.17. The van der Waals surface area contributed by atoms with E-state index in [1.807, 2.05) is 14.0 Å². The first kappa shape index (κ1) is 9.43. The lowest BCUT2D eigenvalue weighted by molar-refractivity contribution is 0.746. The van der Waals surface area contributed by atoms with Gasteiger partial charge in [-0.2, -0.15) is 0 Å². The van der Waals surface area contributed by atoms with E-state index in [0.717, 1.165) is 12.4 Å². The van der Waals surface area contributed by atoms with Gasteiger partial charge >= 0.3 is 0 Å².